The molecule has 1 amide bonds. The molecular weight excluding hydrogens is 343 g/mol. The van der Waals surface area contributed by atoms with Crippen molar-refractivity contribution in [1.82, 2.24) is 0 Å². The fourth-order valence-corrected chi connectivity index (χ4v) is 2.39. The number of alkyl halides is 3. The third-order valence-corrected chi connectivity index (χ3v) is 3.40. The predicted octanol–water partition coefficient (Wildman–Crippen LogP) is 5.00. The van der Waals surface area contributed by atoms with E-state index in [1.54, 1.807) is 18.2 Å². The van der Waals surface area contributed by atoms with Crippen LogP contribution in [0.2, 0.25) is 5.02 Å². The van der Waals surface area contributed by atoms with Gasteiger partial charge >= 0.3 is 6.18 Å². The first kappa shape index (κ1) is 18.0. The van der Waals surface area contributed by atoms with Gasteiger partial charge in [-0.3, -0.25) is 14.5 Å². The van der Waals surface area contributed by atoms with Gasteiger partial charge in [0.15, 0.2) is 0 Å². The molecule has 0 fully saturated rings. The summed E-state index contributed by atoms with van der Waals surface area (Å²) in [6.07, 6.45) is -5.21. The molecule has 2 aromatic carbocycles. The van der Waals surface area contributed by atoms with Crippen molar-refractivity contribution in [2.24, 2.45) is 0 Å². The molecule has 0 spiro atoms. The summed E-state index contributed by atoms with van der Waals surface area (Å²) >= 11 is 5.68. The summed E-state index contributed by atoms with van der Waals surface area (Å²) < 4.78 is 40.1. The summed E-state index contributed by atoms with van der Waals surface area (Å²) in [6.45, 7) is 1.20. The number of carbonyl (C=O) groups excluding carboxylic acids is 2. The molecule has 0 radical (unpaired) electrons. The number of ketones is 1. The van der Waals surface area contributed by atoms with E-state index in [1.165, 1.54) is 25.1 Å². The van der Waals surface area contributed by atoms with Gasteiger partial charge in [0.2, 0.25) is 5.91 Å². The zero-order chi connectivity index (χ0) is 17.9. The molecule has 3 nitrogen and oxygen atoms in total. The summed E-state index contributed by atoms with van der Waals surface area (Å²) in [5.74, 6) is -1.19. The van der Waals surface area contributed by atoms with E-state index in [2.05, 4.69) is 0 Å². The summed E-state index contributed by atoms with van der Waals surface area (Å²) in [5, 5.41) is -0.0990. The van der Waals surface area contributed by atoms with Gasteiger partial charge in [0.05, 0.1) is 17.7 Å². The van der Waals surface area contributed by atoms with E-state index in [0.717, 1.165) is 17.0 Å². The van der Waals surface area contributed by atoms with Crippen LogP contribution in [-0.2, 0) is 15.8 Å². The normalized spacial score (nSPS) is 11.2. The highest BCUT2D eigenvalue weighted by Crippen LogP contribution is 2.40. The number of halogens is 4. The lowest BCUT2D eigenvalue weighted by Crippen LogP contribution is -2.29. The van der Waals surface area contributed by atoms with Crippen molar-refractivity contribution < 1.29 is 22.8 Å². The van der Waals surface area contributed by atoms with Gasteiger partial charge in [-0.1, -0.05) is 29.8 Å². The third kappa shape index (κ3) is 4.14. The molecule has 24 heavy (non-hydrogen) atoms. The van der Waals surface area contributed by atoms with Crippen molar-refractivity contribution in [3.63, 3.8) is 0 Å². The minimum atomic E-state index is -4.70. The first-order valence-corrected chi connectivity index (χ1v) is 7.32. The van der Waals surface area contributed by atoms with Crippen LogP contribution in [0.4, 0.5) is 24.5 Å². The molecule has 0 aliphatic heterocycles. The van der Waals surface area contributed by atoms with Gasteiger partial charge < -0.3 is 0 Å². The van der Waals surface area contributed by atoms with Crippen LogP contribution in [0, 0.1) is 0 Å². The van der Waals surface area contributed by atoms with E-state index in [0.29, 0.717) is 0 Å². The van der Waals surface area contributed by atoms with Gasteiger partial charge in [0.1, 0.15) is 5.78 Å². The number of hydrogen-bond acceptors (Lipinski definition) is 2. The van der Waals surface area contributed by atoms with Crippen molar-refractivity contribution in [3.05, 3.63) is 59.1 Å². The SMILES string of the molecule is CC(=O)CC(=O)N(c1ccccc1)c1ccc(Cl)cc1C(F)(F)F. The predicted molar refractivity (Wildman–Crippen MR) is 85.3 cm³/mol. The number of benzene rings is 2. The van der Waals surface area contributed by atoms with Crippen molar-refractivity contribution in [3.8, 4) is 0 Å². The Bertz CT molecular complexity index is 760. The van der Waals surface area contributed by atoms with Crippen molar-refractivity contribution in [2.45, 2.75) is 19.5 Å². The van der Waals surface area contributed by atoms with E-state index in [-0.39, 0.29) is 16.4 Å². The molecule has 2 aromatic rings. The maximum atomic E-state index is 13.4. The van der Waals surface area contributed by atoms with E-state index in [9.17, 15) is 22.8 Å². The number of rotatable bonds is 4. The van der Waals surface area contributed by atoms with Crippen LogP contribution >= 0.6 is 11.6 Å². The molecule has 0 atom stereocenters. The first-order chi connectivity index (χ1) is 11.2. The van der Waals surface area contributed by atoms with Crippen molar-refractivity contribution >= 4 is 34.7 Å². The lowest BCUT2D eigenvalue weighted by molar-refractivity contribution is -0.137. The van der Waals surface area contributed by atoms with Crippen LogP contribution < -0.4 is 4.90 Å². The Labute approximate surface area is 141 Å². The molecule has 0 saturated carbocycles. The Kier molecular flexibility index (Phi) is 5.29. The molecule has 0 aromatic heterocycles. The van der Waals surface area contributed by atoms with Crippen molar-refractivity contribution in [1.29, 1.82) is 0 Å². The Morgan fingerprint density at radius 1 is 1.08 bits per heavy atom. The minimum absolute atomic E-state index is 0.0990. The second-order valence-corrected chi connectivity index (χ2v) is 5.54. The van der Waals surface area contributed by atoms with E-state index < -0.39 is 29.9 Å². The van der Waals surface area contributed by atoms with Crippen LogP contribution in [0.3, 0.4) is 0 Å². The fourth-order valence-electron chi connectivity index (χ4n) is 2.22. The molecule has 0 bridgehead atoms. The van der Waals surface area contributed by atoms with Gasteiger partial charge in [-0.05, 0) is 37.3 Å². The molecule has 0 heterocycles. The maximum Gasteiger partial charge on any atom is 0.418 e. The van der Waals surface area contributed by atoms with Gasteiger partial charge in [-0.15, -0.1) is 0 Å². The van der Waals surface area contributed by atoms with Gasteiger partial charge in [-0.2, -0.15) is 13.2 Å². The lowest BCUT2D eigenvalue weighted by atomic mass is 10.1. The quantitative estimate of drug-likeness (QED) is 0.723. The maximum absolute atomic E-state index is 13.4. The molecule has 7 heteroatoms. The number of Topliss-reactive ketones (excluding diaryl/α,β-unsaturated/α-hetero) is 1. The summed E-state index contributed by atoms with van der Waals surface area (Å²) in [6, 6.07) is 11.0. The molecule has 2 rings (SSSR count). The summed E-state index contributed by atoms with van der Waals surface area (Å²) in [5.41, 5.74) is -1.18. The smallest absolute Gasteiger partial charge is 0.299 e. The third-order valence-electron chi connectivity index (χ3n) is 3.17. The second kappa shape index (κ2) is 7.05. The number of anilines is 2. The lowest BCUT2D eigenvalue weighted by Gasteiger charge is -2.26. The molecule has 0 unspecified atom stereocenters. The molecule has 0 aliphatic carbocycles. The number of nitrogens with zero attached hydrogens (tertiary/aromatic N) is 1. The van der Waals surface area contributed by atoms with Crippen LogP contribution in [0.5, 0.6) is 0 Å². The average molecular weight is 356 g/mol. The molecule has 0 N–H and O–H groups in total. The van der Waals surface area contributed by atoms with E-state index >= 15 is 0 Å². The highest BCUT2D eigenvalue weighted by molar-refractivity contribution is 6.30. The van der Waals surface area contributed by atoms with E-state index in [4.69, 9.17) is 11.6 Å². The van der Waals surface area contributed by atoms with Crippen LogP contribution in [-0.4, -0.2) is 11.7 Å². The highest BCUT2D eigenvalue weighted by atomic mass is 35.5. The number of carbonyl (C=O) groups is 2. The molecule has 0 saturated heterocycles. The number of para-hydroxylation sites is 1. The van der Waals surface area contributed by atoms with Crippen molar-refractivity contribution in [2.75, 3.05) is 4.90 Å². The van der Waals surface area contributed by atoms with Crippen LogP contribution in [0.25, 0.3) is 0 Å². The Balaban J connectivity index is 2.64. The summed E-state index contributed by atoms with van der Waals surface area (Å²) in [7, 11) is 0. The fraction of sp³-hybridized carbons (Fsp3) is 0.176. The highest BCUT2D eigenvalue weighted by Gasteiger charge is 2.37. The molecular formula is C17H13ClF3NO2. The Hall–Kier alpha value is -2.34. The number of hydrogen-bond donors (Lipinski definition) is 0. The van der Waals surface area contributed by atoms with Crippen LogP contribution in [0.1, 0.15) is 18.9 Å². The first-order valence-electron chi connectivity index (χ1n) is 6.94. The number of amides is 1. The standard InChI is InChI=1S/C17H13ClF3NO2/c1-11(23)9-16(24)22(13-5-3-2-4-6-13)15-8-7-12(18)10-14(15)17(19,20)21/h2-8,10H,9H2,1H3. The van der Waals surface area contributed by atoms with Gasteiger partial charge in [-0.25, -0.2) is 0 Å². The Morgan fingerprint density at radius 2 is 1.71 bits per heavy atom. The zero-order valence-corrected chi connectivity index (χ0v) is 13.4. The van der Waals surface area contributed by atoms with E-state index in [1.807, 2.05) is 0 Å². The van der Waals surface area contributed by atoms with Crippen LogP contribution in [0.15, 0.2) is 48.5 Å². The monoisotopic (exact) mass is 355 g/mol. The molecule has 0 aliphatic rings. The minimum Gasteiger partial charge on any atom is -0.299 e. The van der Waals surface area contributed by atoms with Gasteiger partial charge in [0, 0.05) is 10.7 Å². The topological polar surface area (TPSA) is 37.4 Å². The molecule has 126 valence electrons. The second-order valence-electron chi connectivity index (χ2n) is 5.10. The Morgan fingerprint density at radius 3 is 2.25 bits per heavy atom. The average Bonchev–Trinajstić information content (AvgIpc) is 2.48. The van der Waals surface area contributed by atoms with Gasteiger partial charge in [0.25, 0.3) is 0 Å². The largest absolute Gasteiger partial charge is 0.418 e. The zero-order valence-electron chi connectivity index (χ0n) is 12.6. The summed E-state index contributed by atoms with van der Waals surface area (Å²) in [4.78, 5) is 24.6.